The molecule has 2 unspecified atom stereocenters. The average molecular weight is 206 g/mol. The summed E-state index contributed by atoms with van der Waals surface area (Å²) in [5, 5.41) is 9.51. The minimum Gasteiger partial charge on any atom is -0.391 e. The van der Waals surface area contributed by atoms with Crippen LogP contribution in [-0.4, -0.2) is 35.2 Å². The monoisotopic (exact) mass is 206 g/mol. The number of nitrogens with two attached hydrogens (primary N) is 1. The van der Waals surface area contributed by atoms with Crippen LogP contribution in [-0.2, 0) is 6.54 Å². The smallest absolute Gasteiger partial charge is 0.0715 e. The molecule has 2 atom stereocenters. The van der Waals surface area contributed by atoms with Crippen molar-refractivity contribution in [2.24, 2.45) is 5.73 Å². The topological polar surface area (TPSA) is 49.5 Å². The van der Waals surface area contributed by atoms with E-state index >= 15 is 0 Å². The molecule has 1 aromatic carbocycles. The summed E-state index contributed by atoms with van der Waals surface area (Å²) in [6.45, 7) is 2.65. The van der Waals surface area contributed by atoms with E-state index in [0.717, 1.165) is 26.1 Å². The maximum Gasteiger partial charge on any atom is 0.0715 e. The van der Waals surface area contributed by atoms with Crippen molar-refractivity contribution < 1.29 is 5.11 Å². The normalized spacial score (nSPS) is 27.9. The Hall–Kier alpha value is -0.900. The summed E-state index contributed by atoms with van der Waals surface area (Å²) in [7, 11) is 0. The van der Waals surface area contributed by atoms with Crippen LogP contribution in [0.1, 0.15) is 12.0 Å². The zero-order valence-electron chi connectivity index (χ0n) is 8.84. The second-order valence-electron chi connectivity index (χ2n) is 4.24. The van der Waals surface area contributed by atoms with Crippen LogP contribution in [0.15, 0.2) is 30.3 Å². The standard InChI is InChI=1S/C12H18N2O/c13-11-9-14(7-6-12(11)15)8-10-4-2-1-3-5-10/h1-5,11-12,15H,6-9,13H2. The number of aliphatic hydroxyl groups excluding tert-OH is 1. The predicted octanol–water partition coefficient (Wildman–Crippen LogP) is 0.580. The molecule has 3 N–H and O–H groups in total. The van der Waals surface area contributed by atoms with E-state index in [1.807, 2.05) is 18.2 Å². The van der Waals surface area contributed by atoms with Gasteiger partial charge in [0, 0.05) is 25.7 Å². The van der Waals surface area contributed by atoms with Crippen LogP contribution in [0.3, 0.4) is 0 Å². The van der Waals surface area contributed by atoms with E-state index in [4.69, 9.17) is 5.73 Å². The lowest BCUT2D eigenvalue weighted by atomic mass is 10.0. The molecule has 15 heavy (non-hydrogen) atoms. The van der Waals surface area contributed by atoms with E-state index in [9.17, 15) is 5.11 Å². The molecule has 1 aliphatic heterocycles. The molecule has 82 valence electrons. The molecule has 0 bridgehead atoms. The van der Waals surface area contributed by atoms with Crippen LogP contribution in [0.25, 0.3) is 0 Å². The van der Waals surface area contributed by atoms with Crippen molar-refractivity contribution in [1.82, 2.24) is 4.90 Å². The van der Waals surface area contributed by atoms with Crippen molar-refractivity contribution in [2.45, 2.75) is 25.1 Å². The third-order valence-corrected chi connectivity index (χ3v) is 2.95. The summed E-state index contributed by atoms with van der Waals surface area (Å²) in [4.78, 5) is 2.30. The first-order valence-corrected chi connectivity index (χ1v) is 5.45. The Kier molecular flexibility index (Phi) is 3.36. The maximum atomic E-state index is 9.51. The number of piperidine rings is 1. The van der Waals surface area contributed by atoms with Gasteiger partial charge < -0.3 is 10.8 Å². The van der Waals surface area contributed by atoms with Gasteiger partial charge in [0.2, 0.25) is 0 Å². The molecular formula is C12H18N2O. The molecule has 1 aliphatic rings. The van der Waals surface area contributed by atoms with Gasteiger partial charge in [0.1, 0.15) is 0 Å². The van der Waals surface area contributed by atoms with Gasteiger partial charge in [-0.25, -0.2) is 0 Å². The number of aliphatic hydroxyl groups is 1. The van der Waals surface area contributed by atoms with Gasteiger partial charge in [0.05, 0.1) is 6.10 Å². The van der Waals surface area contributed by atoms with Crippen LogP contribution >= 0.6 is 0 Å². The van der Waals surface area contributed by atoms with E-state index < -0.39 is 0 Å². The van der Waals surface area contributed by atoms with Crippen molar-refractivity contribution in [3.05, 3.63) is 35.9 Å². The number of hydrogen-bond acceptors (Lipinski definition) is 3. The molecule has 0 saturated carbocycles. The van der Waals surface area contributed by atoms with Gasteiger partial charge in [-0.2, -0.15) is 0 Å². The summed E-state index contributed by atoms with van der Waals surface area (Å²) in [5.74, 6) is 0. The fraction of sp³-hybridized carbons (Fsp3) is 0.500. The van der Waals surface area contributed by atoms with Gasteiger partial charge in [-0.15, -0.1) is 0 Å². The van der Waals surface area contributed by atoms with Crippen molar-refractivity contribution in [2.75, 3.05) is 13.1 Å². The van der Waals surface area contributed by atoms with Crippen LogP contribution in [0.2, 0.25) is 0 Å². The number of likely N-dealkylation sites (tertiary alicyclic amines) is 1. The number of nitrogens with zero attached hydrogens (tertiary/aromatic N) is 1. The Balaban J connectivity index is 1.91. The van der Waals surface area contributed by atoms with Crippen LogP contribution in [0.5, 0.6) is 0 Å². The highest BCUT2D eigenvalue weighted by atomic mass is 16.3. The van der Waals surface area contributed by atoms with Crippen molar-refractivity contribution in [3.63, 3.8) is 0 Å². The summed E-state index contributed by atoms with van der Waals surface area (Å²) < 4.78 is 0. The zero-order valence-corrected chi connectivity index (χ0v) is 8.84. The Morgan fingerprint density at radius 1 is 1.33 bits per heavy atom. The summed E-state index contributed by atoms with van der Waals surface area (Å²) in [6.07, 6.45) is 0.464. The molecule has 0 radical (unpaired) electrons. The maximum absolute atomic E-state index is 9.51. The first-order chi connectivity index (χ1) is 7.25. The molecule has 1 fully saturated rings. The largest absolute Gasteiger partial charge is 0.391 e. The average Bonchev–Trinajstić information content (AvgIpc) is 2.25. The second-order valence-corrected chi connectivity index (χ2v) is 4.24. The first-order valence-electron chi connectivity index (χ1n) is 5.45. The molecule has 1 aromatic rings. The Morgan fingerprint density at radius 3 is 2.73 bits per heavy atom. The predicted molar refractivity (Wildman–Crippen MR) is 60.3 cm³/mol. The summed E-state index contributed by atoms with van der Waals surface area (Å²) >= 11 is 0. The molecule has 1 heterocycles. The van der Waals surface area contributed by atoms with E-state index in [-0.39, 0.29) is 12.1 Å². The molecule has 0 aliphatic carbocycles. The fourth-order valence-electron chi connectivity index (χ4n) is 2.03. The second kappa shape index (κ2) is 4.75. The lowest BCUT2D eigenvalue weighted by Gasteiger charge is -2.34. The Bertz CT molecular complexity index is 302. The van der Waals surface area contributed by atoms with Crippen molar-refractivity contribution >= 4 is 0 Å². The third-order valence-electron chi connectivity index (χ3n) is 2.95. The van der Waals surface area contributed by atoms with E-state index in [1.165, 1.54) is 5.56 Å². The summed E-state index contributed by atoms with van der Waals surface area (Å²) in [5.41, 5.74) is 7.14. The number of rotatable bonds is 2. The van der Waals surface area contributed by atoms with Gasteiger partial charge in [-0.3, -0.25) is 4.90 Å². The van der Waals surface area contributed by atoms with Crippen molar-refractivity contribution in [1.29, 1.82) is 0 Å². The molecule has 0 spiro atoms. The molecule has 0 amide bonds. The lowest BCUT2D eigenvalue weighted by Crippen LogP contribution is -2.50. The zero-order chi connectivity index (χ0) is 10.7. The van der Waals surface area contributed by atoms with Gasteiger partial charge in [0.25, 0.3) is 0 Å². The summed E-state index contributed by atoms with van der Waals surface area (Å²) in [6, 6.07) is 10.3. The van der Waals surface area contributed by atoms with Crippen molar-refractivity contribution in [3.8, 4) is 0 Å². The molecule has 0 aromatic heterocycles. The Labute approximate surface area is 90.5 Å². The molecular weight excluding hydrogens is 188 g/mol. The minimum atomic E-state index is -0.322. The first kappa shape index (κ1) is 10.6. The Morgan fingerprint density at radius 2 is 2.07 bits per heavy atom. The minimum absolute atomic E-state index is 0.0949. The highest BCUT2D eigenvalue weighted by Gasteiger charge is 2.24. The fourth-order valence-corrected chi connectivity index (χ4v) is 2.03. The van der Waals surface area contributed by atoms with E-state index in [2.05, 4.69) is 17.0 Å². The van der Waals surface area contributed by atoms with Crippen LogP contribution < -0.4 is 5.73 Å². The van der Waals surface area contributed by atoms with Crippen LogP contribution in [0, 0.1) is 0 Å². The lowest BCUT2D eigenvalue weighted by molar-refractivity contribution is 0.0594. The third kappa shape index (κ3) is 2.78. The van der Waals surface area contributed by atoms with Gasteiger partial charge in [-0.1, -0.05) is 30.3 Å². The van der Waals surface area contributed by atoms with Gasteiger partial charge in [0.15, 0.2) is 0 Å². The van der Waals surface area contributed by atoms with E-state index in [1.54, 1.807) is 0 Å². The number of benzene rings is 1. The SMILES string of the molecule is NC1CN(Cc2ccccc2)CCC1O. The highest BCUT2D eigenvalue weighted by Crippen LogP contribution is 2.12. The molecule has 3 heteroatoms. The van der Waals surface area contributed by atoms with Gasteiger partial charge >= 0.3 is 0 Å². The number of hydrogen-bond donors (Lipinski definition) is 2. The van der Waals surface area contributed by atoms with E-state index in [0.29, 0.717) is 0 Å². The van der Waals surface area contributed by atoms with Gasteiger partial charge in [-0.05, 0) is 12.0 Å². The molecule has 2 rings (SSSR count). The van der Waals surface area contributed by atoms with Crippen LogP contribution in [0.4, 0.5) is 0 Å². The molecule has 1 saturated heterocycles. The molecule has 3 nitrogen and oxygen atoms in total. The highest BCUT2D eigenvalue weighted by molar-refractivity contribution is 5.14. The quantitative estimate of drug-likeness (QED) is 0.744.